The molecule has 41 heavy (non-hydrogen) atoms. The van der Waals surface area contributed by atoms with Crippen LogP contribution in [-0.2, 0) is 9.84 Å². The first-order chi connectivity index (χ1) is 19.4. The molecule has 0 amide bonds. The van der Waals surface area contributed by atoms with Crippen molar-refractivity contribution in [2.75, 3.05) is 29.6 Å². The molecule has 3 aromatic rings. The normalized spacial score (nSPS) is 16.7. The van der Waals surface area contributed by atoms with Crippen LogP contribution in [0.3, 0.4) is 0 Å². The molecular formula is C25H24F3N7O5S. The van der Waals surface area contributed by atoms with Crippen LogP contribution in [-0.4, -0.2) is 59.0 Å². The van der Waals surface area contributed by atoms with Crippen molar-refractivity contribution < 1.29 is 31.0 Å². The highest BCUT2D eigenvalue weighted by Gasteiger charge is 2.35. The van der Waals surface area contributed by atoms with Gasteiger partial charge in [-0.1, -0.05) is 11.2 Å². The van der Waals surface area contributed by atoms with Crippen molar-refractivity contribution in [1.82, 2.24) is 20.1 Å². The first kappa shape index (κ1) is 28.2. The van der Waals surface area contributed by atoms with Crippen LogP contribution < -0.4 is 10.2 Å². The van der Waals surface area contributed by atoms with E-state index >= 15 is 0 Å². The zero-order chi connectivity index (χ0) is 29.4. The van der Waals surface area contributed by atoms with Crippen LogP contribution >= 0.6 is 0 Å². The zero-order valence-electron chi connectivity index (χ0n) is 21.6. The maximum absolute atomic E-state index is 13.1. The summed E-state index contributed by atoms with van der Waals surface area (Å²) in [5.74, 6) is 0.264. The monoisotopic (exact) mass is 591 g/mol. The molecule has 1 fully saturated rings. The fraction of sp³-hybridized carbons (Fsp3) is 0.360. The predicted octanol–water partition coefficient (Wildman–Crippen LogP) is 4.96. The third-order valence-corrected chi connectivity index (χ3v) is 7.97. The second-order valence-corrected chi connectivity index (χ2v) is 11.7. The van der Waals surface area contributed by atoms with Crippen LogP contribution in [0.25, 0.3) is 5.57 Å². The first-order valence-corrected chi connectivity index (χ1v) is 14.4. The van der Waals surface area contributed by atoms with E-state index in [-0.39, 0.29) is 52.4 Å². The van der Waals surface area contributed by atoms with E-state index in [0.29, 0.717) is 37.5 Å². The molecule has 16 heteroatoms. The molecule has 12 nitrogen and oxygen atoms in total. The van der Waals surface area contributed by atoms with Crippen LogP contribution in [0.15, 0.2) is 57.7 Å². The third-order valence-electron chi connectivity index (χ3n) is 6.85. The van der Waals surface area contributed by atoms with E-state index in [2.05, 4.69) is 25.4 Å². The van der Waals surface area contributed by atoms with E-state index in [0.717, 1.165) is 12.3 Å². The van der Waals surface area contributed by atoms with E-state index in [1.165, 1.54) is 30.6 Å². The Hall–Kier alpha value is -4.34. The molecule has 1 aromatic carbocycles. The van der Waals surface area contributed by atoms with Crippen LogP contribution in [0, 0.1) is 10.1 Å². The Balaban J connectivity index is 1.29. The summed E-state index contributed by atoms with van der Waals surface area (Å²) in [5, 5.41) is 18.8. The summed E-state index contributed by atoms with van der Waals surface area (Å²) in [4.78, 5) is 25.8. The molecule has 0 radical (unpaired) electrons. The number of alkyl halides is 3. The number of nitro groups is 1. The molecule has 5 rings (SSSR count). The van der Waals surface area contributed by atoms with Crippen LogP contribution in [0.2, 0.25) is 0 Å². The molecule has 2 aromatic heterocycles. The lowest BCUT2D eigenvalue weighted by Crippen LogP contribution is -2.34. The van der Waals surface area contributed by atoms with Crippen molar-refractivity contribution >= 4 is 38.4 Å². The summed E-state index contributed by atoms with van der Waals surface area (Å²) < 4.78 is 68.2. The fourth-order valence-electron chi connectivity index (χ4n) is 4.72. The Kier molecular flexibility index (Phi) is 7.50. The highest BCUT2D eigenvalue weighted by atomic mass is 32.2. The number of allylic oxidation sites excluding steroid dienone is 4. The van der Waals surface area contributed by atoms with Crippen LogP contribution in [0.4, 0.5) is 36.2 Å². The van der Waals surface area contributed by atoms with Gasteiger partial charge in [-0.25, -0.2) is 18.4 Å². The van der Waals surface area contributed by atoms with Gasteiger partial charge in [-0.3, -0.25) is 10.1 Å². The van der Waals surface area contributed by atoms with Crippen LogP contribution in [0.5, 0.6) is 0 Å². The molecule has 1 aliphatic heterocycles. The van der Waals surface area contributed by atoms with Gasteiger partial charge in [0, 0.05) is 42.1 Å². The molecule has 1 N–H and O–H groups in total. The van der Waals surface area contributed by atoms with Gasteiger partial charge in [0.25, 0.3) is 0 Å². The van der Waals surface area contributed by atoms with Gasteiger partial charge in [-0.05, 0) is 56.0 Å². The Morgan fingerprint density at radius 1 is 1.15 bits per heavy atom. The molecule has 0 unspecified atom stereocenters. The summed E-state index contributed by atoms with van der Waals surface area (Å²) in [5.41, 5.74) is -0.310. The van der Waals surface area contributed by atoms with Gasteiger partial charge < -0.3 is 14.7 Å². The Labute approximate surface area is 232 Å². The van der Waals surface area contributed by atoms with E-state index in [1.54, 1.807) is 11.0 Å². The van der Waals surface area contributed by atoms with Crippen LogP contribution in [0.1, 0.15) is 43.3 Å². The van der Waals surface area contributed by atoms with Gasteiger partial charge in [-0.2, -0.15) is 18.2 Å². The number of rotatable bonds is 7. The van der Waals surface area contributed by atoms with Crippen molar-refractivity contribution in [3.05, 3.63) is 70.1 Å². The summed E-state index contributed by atoms with van der Waals surface area (Å²) in [7, 11) is -3.40. The van der Waals surface area contributed by atoms with Crippen molar-refractivity contribution in [3.8, 4) is 0 Å². The lowest BCUT2D eigenvalue weighted by molar-refractivity contribution is -0.383. The summed E-state index contributed by atoms with van der Waals surface area (Å²) in [6, 6.07) is 5.73. The van der Waals surface area contributed by atoms with E-state index in [4.69, 9.17) is 4.52 Å². The SMILES string of the molecule is CS(=O)(=O)c1ccc(Nc2ncnc(N3CCC(c4nc(C5=CCCC(C(F)(F)F)=C5)no4)CC3)c2[N+](=O)[O-])cc1. The number of benzene rings is 1. The minimum atomic E-state index is -4.42. The summed E-state index contributed by atoms with van der Waals surface area (Å²) in [6.45, 7) is 0.729. The largest absolute Gasteiger partial charge is 0.412 e. The molecule has 0 bridgehead atoms. The maximum atomic E-state index is 13.1. The number of nitrogens with zero attached hydrogens (tertiary/aromatic N) is 6. The molecule has 3 heterocycles. The summed E-state index contributed by atoms with van der Waals surface area (Å²) in [6.07, 6.45) is 1.65. The van der Waals surface area contributed by atoms with Gasteiger partial charge >= 0.3 is 11.9 Å². The standard InChI is InChI=1S/C25H24F3N7O5S/c1-41(38,39)19-7-5-18(6-8-19)31-22-20(35(36)37)23(30-14-29-22)34-11-9-15(10-12-34)24-32-21(33-40-24)16-3-2-4-17(13-16)25(26,27)28/h3,5-8,13-15H,2,4,9-12H2,1H3,(H,29,30,31). The smallest absolute Gasteiger partial charge is 0.351 e. The van der Waals surface area contributed by atoms with Crippen molar-refractivity contribution in [3.63, 3.8) is 0 Å². The third kappa shape index (κ3) is 6.21. The first-order valence-electron chi connectivity index (χ1n) is 12.5. The Bertz CT molecular complexity index is 1630. The molecule has 0 saturated carbocycles. The predicted molar refractivity (Wildman–Crippen MR) is 141 cm³/mol. The average Bonchev–Trinajstić information content (AvgIpc) is 3.43. The molecule has 0 spiro atoms. The summed E-state index contributed by atoms with van der Waals surface area (Å²) >= 11 is 0. The second kappa shape index (κ2) is 10.9. The average molecular weight is 592 g/mol. The second-order valence-electron chi connectivity index (χ2n) is 9.66. The number of nitrogens with one attached hydrogen (secondary N) is 1. The molecule has 1 aliphatic carbocycles. The van der Waals surface area contributed by atoms with Crippen molar-refractivity contribution in [2.24, 2.45) is 0 Å². The number of anilines is 3. The van der Waals surface area contributed by atoms with Gasteiger partial charge in [0.15, 0.2) is 9.84 Å². The van der Waals surface area contributed by atoms with E-state index in [1.807, 2.05) is 0 Å². The zero-order valence-corrected chi connectivity index (χ0v) is 22.4. The number of hydrogen-bond acceptors (Lipinski definition) is 11. The number of piperidine rings is 1. The highest BCUT2D eigenvalue weighted by molar-refractivity contribution is 7.90. The fourth-order valence-corrected chi connectivity index (χ4v) is 5.35. The molecular weight excluding hydrogens is 567 g/mol. The molecule has 2 aliphatic rings. The van der Waals surface area contributed by atoms with E-state index in [9.17, 15) is 31.7 Å². The van der Waals surface area contributed by atoms with Gasteiger partial charge in [0.05, 0.1) is 9.82 Å². The Morgan fingerprint density at radius 3 is 2.49 bits per heavy atom. The molecule has 0 atom stereocenters. The number of halogens is 3. The Morgan fingerprint density at radius 2 is 1.85 bits per heavy atom. The topological polar surface area (TPSA) is 157 Å². The number of aromatic nitrogens is 4. The van der Waals surface area contributed by atoms with Crippen molar-refractivity contribution in [1.29, 1.82) is 0 Å². The van der Waals surface area contributed by atoms with Gasteiger partial charge in [0.2, 0.25) is 23.4 Å². The minimum absolute atomic E-state index is 0.0530. The van der Waals surface area contributed by atoms with Gasteiger partial charge in [-0.15, -0.1) is 0 Å². The number of hydrogen-bond donors (Lipinski definition) is 1. The minimum Gasteiger partial charge on any atom is -0.351 e. The van der Waals surface area contributed by atoms with E-state index < -0.39 is 26.5 Å². The maximum Gasteiger partial charge on any atom is 0.412 e. The quantitative estimate of drug-likeness (QED) is 0.292. The van der Waals surface area contributed by atoms with Crippen molar-refractivity contribution in [2.45, 2.75) is 42.7 Å². The number of sulfone groups is 1. The lowest BCUT2D eigenvalue weighted by atomic mass is 9.96. The molecule has 216 valence electrons. The lowest BCUT2D eigenvalue weighted by Gasteiger charge is -2.30. The van der Waals surface area contributed by atoms with Gasteiger partial charge in [0.1, 0.15) is 6.33 Å². The molecule has 1 saturated heterocycles. The highest BCUT2D eigenvalue weighted by Crippen LogP contribution is 2.38.